The van der Waals surface area contributed by atoms with Gasteiger partial charge in [-0.15, -0.1) is 0 Å². The molecule has 0 aliphatic rings. The molecule has 0 atom stereocenters. The van der Waals surface area contributed by atoms with E-state index in [-0.39, 0.29) is 5.82 Å². The highest BCUT2D eigenvalue weighted by atomic mass is 32.1. The Morgan fingerprint density at radius 2 is 1.84 bits per heavy atom. The van der Waals surface area contributed by atoms with E-state index in [1.807, 2.05) is 25.2 Å². The molecule has 0 saturated carbocycles. The van der Waals surface area contributed by atoms with Gasteiger partial charge in [0.05, 0.1) is 10.2 Å². The number of anilines is 1. The molecule has 4 heteroatoms. The first kappa shape index (κ1) is 12.1. The van der Waals surface area contributed by atoms with E-state index in [9.17, 15) is 4.39 Å². The van der Waals surface area contributed by atoms with Gasteiger partial charge in [0.15, 0.2) is 5.13 Å². The lowest BCUT2D eigenvalue weighted by atomic mass is 10.2. The lowest BCUT2D eigenvalue weighted by molar-refractivity contribution is 0.627. The van der Waals surface area contributed by atoms with Crippen LogP contribution >= 0.6 is 11.3 Å². The second kappa shape index (κ2) is 4.97. The molecule has 2 nitrogen and oxygen atoms in total. The van der Waals surface area contributed by atoms with E-state index in [1.165, 1.54) is 16.8 Å². The summed E-state index contributed by atoms with van der Waals surface area (Å²) in [5.74, 6) is -0.202. The van der Waals surface area contributed by atoms with Crippen molar-refractivity contribution in [2.45, 2.75) is 6.54 Å². The summed E-state index contributed by atoms with van der Waals surface area (Å²) in [6.45, 7) is 0.722. The van der Waals surface area contributed by atoms with Crippen LogP contribution in [0.1, 0.15) is 5.56 Å². The molecule has 0 bridgehead atoms. The zero-order chi connectivity index (χ0) is 13.2. The normalized spacial score (nSPS) is 10.8. The molecular formula is C15H13FN2S. The van der Waals surface area contributed by atoms with Crippen LogP contribution in [0.3, 0.4) is 0 Å². The van der Waals surface area contributed by atoms with E-state index in [4.69, 9.17) is 0 Å². The van der Waals surface area contributed by atoms with Gasteiger partial charge >= 0.3 is 0 Å². The van der Waals surface area contributed by atoms with E-state index >= 15 is 0 Å². The van der Waals surface area contributed by atoms with Crippen LogP contribution in [0.4, 0.5) is 9.52 Å². The van der Waals surface area contributed by atoms with Crippen LogP contribution in [0.25, 0.3) is 10.2 Å². The summed E-state index contributed by atoms with van der Waals surface area (Å²) in [6, 6.07) is 14.7. The Labute approximate surface area is 115 Å². The molecule has 2 aromatic carbocycles. The first-order chi connectivity index (χ1) is 9.22. The molecule has 0 aliphatic heterocycles. The fraction of sp³-hybridized carbons (Fsp3) is 0.133. The molecule has 0 spiro atoms. The van der Waals surface area contributed by atoms with Crippen LogP contribution in [0.5, 0.6) is 0 Å². The predicted molar refractivity (Wildman–Crippen MR) is 78.1 cm³/mol. The van der Waals surface area contributed by atoms with Crippen molar-refractivity contribution in [1.82, 2.24) is 4.98 Å². The maximum atomic E-state index is 12.9. The monoisotopic (exact) mass is 272 g/mol. The number of rotatable bonds is 3. The molecule has 0 unspecified atom stereocenters. The smallest absolute Gasteiger partial charge is 0.186 e. The zero-order valence-corrected chi connectivity index (χ0v) is 11.3. The molecule has 3 rings (SSSR count). The number of para-hydroxylation sites is 1. The predicted octanol–water partition coefficient (Wildman–Crippen LogP) is 4.07. The van der Waals surface area contributed by atoms with Crippen molar-refractivity contribution in [1.29, 1.82) is 0 Å². The minimum Gasteiger partial charge on any atom is -0.347 e. The van der Waals surface area contributed by atoms with Gasteiger partial charge in [-0.25, -0.2) is 9.37 Å². The fourth-order valence-electron chi connectivity index (χ4n) is 1.95. The second-order valence-electron chi connectivity index (χ2n) is 4.45. The molecule has 0 aliphatic carbocycles. The highest BCUT2D eigenvalue weighted by Gasteiger charge is 2.08. The molecule has 0 amide bonds. The summed E-state index contributed by atoms with van der Waals surface area (Å²) < 4.78 is 14.0. The van der Waals surface area contributed by atoms with Crippen molar-refractivity contribution in [2.24, 2.45) is 0 Å². The number of fused-ring (bicyclic) bond motifs is 1. The number of aromatic nitrogens is 1. The van der Waals surface area contributed by atoms with Gasteiger partial charge in [-0.3, -0.25) is 0 Å². The molecule has 1 aromatic heterocycles. The number of hydrogen-bond donors (Lipinski definition) is 0. The van der Waals surface area contributed by atoms with Gasteiger partial charge in [-0.2, -0.15) is 0 Å². The quantitative estimate of drug-likeness (QED) is 0.714. The molecule has 19 heavy (non-hydrogen) atoms. The number of benzene rings is 2. The van der Waals surface area contributed by atoms with Crippen molar-refractivity contribution in [2.75, 3.05) is 11.9 Å². The van der Waals surface area contributed by atoms with Gasteiger partial charge in [-0.1, -0.05) is 35.6 Å². The van der Waals surface area contributed by atoms with E-state index < -0.39 is 0 Å². The largest absolute Gasteiger partial charge is 0.347 e. The summed E-state index contributed by atoms with van der Waals surface area (Å²) in [5, 5.41) is 0.977. The Balaban J connectivity index is 1.83. The van der Waals surface area contributed by atoms with Crippen LogP contribution in [-0.2, 0) is 6.54 Å². The summed E-state index contributed by atoms with van der Waals surface area (Å²) in [7, 11) is 2.00. The van der Waals surface area contributed by atoms with Gasteiger partial charge < -0.3 is 4.90 Å². The zero-order valence-electron chi connectivity index (χ0n) is 10.5. The average Bonchev–Trinajstić information content (AvgIpc) is 2.85. The Bertz CT molecular complexity index is 658. The number of nitrogens with zero attached hydrogens (tertiary/aromatic N) is 2. The lowest BCUT2D eigenvalue weighted by Gasteiger charge is -2.15. The minimum absolute atomic E-state index is 0.202. The number of thiazole rings is 1. The van der Waals surface area contributed by atoms with Crippen molar-refractivity contribution in [3.63, 3.8) is 0 Å². The van der Waals surface area contributed by atoms with E-state index in [0.717, 1.165) is 22.8 Å². The SMILES string of the molecule is CN(Cc1ccc(F)cc1)c1nc2ccccc2s1. The van der Waals surface area contributed by atoms with Gasteiger partial charge in [-0.05, 0) is 29.8 Å². The standard InChI is InChI=1S/C15H13FN2S/c1-18(10-11-6-8-12(16)9-7-11)15-17-13-4-2-3-5-14(13)19-15/h2-9H,10H2,1H3. The Morgan fingerprint density at radius 1 is 1.11 bits per heavy atom. The molecule has 0 saturated heterocycles. The minimum atomic E-state index is -0.202. The van der Waals surface area contributed by atoms with Gasteiger partial charge in [0, 0.05) is 13.6 Å². The Hall–Kier alpha value is -1.94. The van der Waals surface area contributed by atoms with Crippen molar-refractivity contribution in [3.05, 3.63) is 59.9 Å². The highest BCUT2D eigenvalue weighted by molar-refractivity contribution is 7.22. The van der Waals surface area contributed by atoms with Crippen LogP contribution in [0.15, 0.2) is 48.5 Å². The first-order valence-corrected chi connectivity index (χ1v) is 6.85. The molecule has 1 heterocycles. The number of hydrogen-bond acceptors (Lipinski definition) is 3. The summed E-state index contributed by atoms with van der Waals surface area (Å²) >= 11 is 1.67. The topological polar surface area (TPSA) is 16.1 Å². The molecule has 3 aromatic rings. The lowest BCUT2D eigenvalue weighted by Crippen LogP contribution is -2.15. The van der Waals surface area contributed by atoms with E-state index in [0.29, 0.717) is 0 Å². The molecular weight excluding hydrogens is 259 g/mol. The molecule has 0 fully saturated rings. The van der Waals surface area contributed by atoms with Crippen LogP contribution in [-0.4, -0.2) is 12.0 Å². The van der Waals surface area contributed by atoms with Gasteiger partial charge in [0.2, 0.25) is 0 Å². The van der Waals surface area contributed by atoms with Crippen molar-refractivity contribution >= 4 is 26.7 Å². The average molecular weight is 272 g/mol. The van der Waals surface area contributed by atoms with E-state index in [2.05, 4.69) is 16.0 Å². The molecule has 96 valence electrons. The summed E-state index contributed by atoms with van der Waals surface area (Å²) in [4.78, 5) is 6.68. The van der Waals surface area contributed by atoms with Crippen molar-refractivity contribution < 1.29 is 4.39 Å². The Kier molecular flexibility index (Phi) is 3.17. The maximum absolute atomic E-state index is 12.9. The maximum Gasteiger partial charge on any atom is 0.186 e. The highest BCUT2D eigenvalue weighted by Crippen LogP contribution is 2.28. The number of halogens is 1. The van der Waals surface area contributed by atoms with Crippen molar-refractivity contribution in [3.8, 4) is 0 Å². The molecule has 0 radical (unpaired) electrons. The third-order valence-corrected chi connectivity index (χ3v) is 4.09. The molecule has 0 N–H and O–H groups in total. The fourth-order valence-corrected chi connectivity index (χ4v) is 2.88. The van der Waals surface area contributed by atoms with Gasteiger partial charge in [0.25, 0.3) is 0 Å². The summed E-state index contributed by atoms with van der Waals surface area (Å²) in [6.07, 6.45) is 0. The second-order valence-corrected chi connectivity index (χ2v) is 5.46. The van der Waals surface area contributed by atoms with E-state index in [1.54, 1.807) is 23.5 Å². The van der Waals surface area contributed by atoms with Crippen LogP contribution in [0, 0.1) is 5.82 Å². The van der Waals surface area contributed by atoms with Crippen LogP contribution in [0.2, 0.25) is 0 Å². The van der Waals surface area contributed by atoms with Gasteiger partial charge in [0.1, 0.15) is 5.82 Å². The summed E-state index contributed by atoms with van der Waals surface area (Å²) in [5.41, 5.74) is 2.09. The first-order valence-electron chi connectivity index (χ1n) is 6.03. The van der Waals surface area contributed by atoms with Crippen LogP contribution < -0.4 is 4.90 Å². The Morgan fingerprint density at radius 3 is 2.58 bits per heavy atom. The third-order valence-electron chi connectivity index (χ3n) is 2.94. The third kappa shape index (κ3) is 2.58.